The lowest BCUT2D eigenvalue weighted by molar-refractivity contribution is 0.296. The first-order valence-electron chi connectivity index (χ1n) is 12.8. The van der Waals surface area contributed by atoms with Gasteiger partial charge in [-0.3, -0.25) is 4.99 Å². The molecule has 3 heteroatoms. The molecular formula is C29H43NO2. The third kappa shape index (κ3) is 11.4. The molecule has 0 unspecified atom stereocenters. The molecule has 0 radical (unpaired) electrons. The molecule has 0 amide bonds. The first kappa shape index (κ1) is 26.0. The normalized spacial score (nSPS) is 11.2. The van der Waals surface area contributed by atoms with Crippen LogP contribution in [0.1, 0.15) is 96.5 Å². The summed E-state index contributed by atoms with van der Waals surface area (Å²) in [7, 11) is 0. The van der Waals surface area contributed by atoms with Crippen LogP contribution < -0.4 is 9.47 Å². The predicted octanol–water partition coefficient (Wildman–Crippen LogP) is 8.92. The summed E-state index contributed by atoms with van der Waals surface area (Å²) in [5.74, 6) is 1.77. The minimum atomic E-state index is 0.746. The number of nitrogens with zero attached hydrogens (tertiary/aromatic N) is 1. The molecule has 32 heavy (non-hydrogen) atoms. The summed E-state index contributed by atoms with van der Waals surface area (Å²) in [5.41, 5.74) is 1.91. The number of ether oxygens (including phenoxy) is 2. The molecule has 176 valence electrons. The molecule has 0 saturated heterocycles. The zero-order chi connectivity index (χ0) is 22.7. The maximum atomic E-state index is 6.12. The summed E-state index contributed by atoms with van der Waals surface area (Å²) in [6, 6.07) is 16.1. The molecule has 2 aromatic rings. The highest BCUT2D eigenvalue weighted by Gasteiger charge is 2.05. The van der Waals surface area contributed by atoms with E-state index in [0.717, 1.165) is 48.8 Å². The van der Waals surface area contributed by atoms with E-state index in [0.29, 0.717) is 0 Å². The Bertz CT molecular complexity index is 742. The maximum Gasteiger partial charge on any atom is 0.128 e. The number of aliphatic imine (C=N–C) groups is 1. The topological polar surface area (TPSA) is 30.8 Å². The van der Waals surface area contributed by atoms with E-state index < -0.39 is 0 Å². The van der Waals surface area contributed by atoms with Gasteiger partial charge in [0.05, 0.1) is 18.9 Å². The number of benzene rings is 2. The molecule has 0 spiro atoms. The Labute approximate surface area is 196 Å². The molecule has 3 nitrogen and oxygen atoms in total. The standard InChI is InChI=1S/C29H43NO2/c1-3-5-7-9-11-16-22-31-28-20-21-29(32-23-17-12-10-8-6-4-2)26(24-28)25-30-27-18-14-13-15-19-27/h13-15,18-21,24-25H,3-12,16-17,22-23H2,1-2H3. The average Bonchev–Trinajstić information content (AvgIpc) is 2.83. The van der Waals surface area contributed by atoms with Crippen LogP contribution in [0.25, 0.3) is 0 Å². The van der Waals surface area contributed by atoms with Crippen molar-refractivity contribution in [3.05, 3.63) is 54.1 Å². The summed E-state index contributed by atoms with van der Waals surface area (Å²) in [5, 5.41) is 0. The van der Waals surface area contributed by atoms with Gasteiger partial charge in [-0.1, -0.05) is 96.3 Å². The Morgan fingerprint density at radius 2 is 1.25 bits per heavy atom. The van der Waals surface area contributed by atoms with E-state index in [1.54, 1.807) is 0 Å². The van der Waals surface area contributed by atoms with Crippen LogP contribution in [0.5, 0.6) is 11.5 Å². The van der Waals surface area contributed by atoms with Crippen LogP contribution in [-0.4, -0.2) is 19.4 Å². The van der Waals surface area contributed by atoms with Crippen molar-refractivity contribution in [2.45, 2.75) is 90.9 Å². The monoisotopic (exact) mass is 437 g/mol. The molecule has 0 saturated carbocycles. The largest absolute Gasteiger partial charge is 0.494 e. The van der Waals surface area contributed by atoms with E-state index in [1.165, 1.54) is 64.2 Å². The van der Waals surface area contributed by atoms with Gasteiger partial charge in [0.15, 0.2) is 0 Å². The summed E-state index contributed by atoms with van der Waals surface area (Å²) < 4.78 is 12.1. The molecule has 0 aliphatic rings. The fourth-order valence-corrected chi connectivity index (χ4v) is 3.64. The first-order valence-corrected chi connectivity index (χ1v) is 12.8. The summed E-state index contributed by atoms with van der Waals surface area (Å²) in [6.45, 7) is 6.01. The van der Waals surface area contributed by atoms with Gasteiger partial charge in [-0.05, 0) is 43.2 Å². The lowest BCUT2D eigenvalue weighted by Gasteiger charge is -2.12. The van der Waals surface area contributed by atoms with Gasteiger partial charge in [-0.15, -0.1) is 0 Å². The van der Waals surface area contributed by atoms with E-state index in [9.17, 15) is 0 Å². The van der Waals surface area contributed by atoms with Gasteiger partial charge in [-0.25, -0.2) is 0 Å². The summed E-state index contributed by atoms with van der Waals surface area (Å²) in [4.78, 5) is 4.63. The first-order chi connectivity index (χ1) is 15.8. The van der Waals surface area contributed by atoms with Gasteiger partial charge in [0, 0.05) is 11.8 Å². The van der Waals surface area contributed by atoms with Crippen LogP contribution in [0.4, 0.5) is 5.69 Å². The lowest BCUT2D eigenvalue weighted by atomic mass is 10.1. The zero-order valence-corrected chi connectivity index (χ0v) is 20.4. The molecule has 0 bridgehead atoms. The summed E-state index contributed by atoms with van der Waals surface area (Å²) in [6.07, 6.45) is 17.1. The number of unbranched alkanes of at least 4 members (excludes halogenated alkanes) is 10. The fourth-order valence-electron chi connectivity index (χ4n) is 3.64. The van der Waals surface area contributed by atoms with E-state index in [1.807, 2.05) is 48.7 Å². The van der Waals surface area contributed by atoms with Crippen LogP contribution in [0.3, 0.4) is 0 Å². The smallest absolute Gasteiger partial charge is 0.128 e. The van der Waals surface area contributed by atoms with Gasteiger partial charge < -0.3 is 9.47 Å². The minimum absolute atomic E-state index is 0.746. The second-order valence-electron chi connectivity index (χ2n) is 8.53. The number of hydrogen-bond acceptors (Lipinski definition) is 3. The van der Waals surface area contributed by atoms with Crippen molar-refractivity contribution in [2.24, 2.45) is 4.99 Å². The van der Waals surface area contributed by atoms with Crippen LogP contribution in [0.2, 0.25) is 0 Å². The molecule has 0 aliphatic carbocycles. The van der Waals surface area contributed by atoms with Crippen molar-refractivity contribution in [1.82, 2.24) is 0 Å². The summed E-state index contributed by atoms with van der Waals surface area (Å²) >= 11 is 0. The predicted molar refractivity (Wildman–Crippen MR) is 138 cm³/mol. The lowest BCUT2D eigenvalue weighted by Crippen LogP contribution is -2.02. The van der Waals surface area contributed by atoms with E-state index in [2.05, 4.69) is 24.9 Å². The molecule has 0 aliphatic heterocycles. The Kier molecular flexibility index (Phi) is 14.0. The van der Waals surface area contributed by atoms with Gasteiger partial charge in [-0.2, -0.15) is 0 Å². The third-order valence-corrected chi connectivity index (χ3v) is 5.61. The van der Waals surface area contributed by atoms with Gasteiger partial charge in [0.2, 0.25) is 0 Å². The molecule has 2 rings (SSSR count). The Balaban J connectivity index is 1.89. The average molecular weight is 438 g/mol. The third-order valence-electron chi connectivity index (χ3n) is 5.61. The molecule has 0 heterocycles. The van der Waals surface area contributed by atoms with Crippen molar-refractivity contribution in [2.75, 3.05) is 13.2 Å². The van der Waals surface area contributed by atoms with Crippen LogP contribution in [0.15, 0.2) is 53.5 Å². The molecular weight excluding hydrogens is 394 g/mol. The zero-order valence-electron chi connectivity index (χ0n) is 20.4. The van der Waals surface area contributed by atoms with E-state index >= 15 is 0 Å². The second-order valence-corrected chi connectivity index (χ2v) is 8.53. The second kappa shape index (κ2) is 17.3. The molecule has 0 aromatic heterocycles. The van der Waals surface area contributed by atoms with Gasteiger partial charge in [0.25, 0.3) is 0 Å². The van der Waals surface area contributed by atoms with E-state index in [-0.39, 0.29) is 0 Å². The number of rotatable bonds is 18. The molecule has 0 N–H and O–H groups in total. The molecule has 0 atom stereocenters. The highest BCUT2D eigenvalue weighted by molar-refractivity contribution is 5.86. The van der Waals surface area contributed by atoms with Crippen LogP contribution in [0, 0.1) is 0 Å². The number of hydrogen-bond donors (Lipinski definition) is 0. The fraction of sp³-hybridized carbons (Fsp3) is 0.552. The Hall–Kier alpha value is -2.29. The quantitative estimate of drug-likeness (QED) is 0.172. The minimum Gasteiger partial charge on any atom is -0.494 e. The van der Waals surface area contributed by atoms with Crippen molar-refractivity contribution in [1.29, 1.82) is 0 Å². The van der Waals surface area contributed by atoms with Gasteiger partial charge in [0.1, 0.15) is 11.5 Å². The van der Waals surface area contributed by atoms with Gasteiger partial charge >= 0.3 is 0 Å². The SMILES string of the molecule is CCCCCCCCOc1ccc(OCCCCCCCC)c(C=Nc2ccccc2)c1. The highest BCUT2D eigenvalue weighted by Crippen LogP contribution is 2.25. The number of para-hydroxylation sites is 1. The highest BCUT2D eigenvalue weighted by atomic mass is 16.5. The van der Waals surface area contributed by atoms with Crippen molar-refractivity contribution in [3.63, 3.8) is 0 Å². The van der Waals surface area contributed by atoms with Crippen molar-refractivity contribution < 1.29 is 9.47 Å². The Morgan fingerprint density at radius 3 is 1.91 bits per heavy atom. The van der Waals surface area contributed by atoms with E-state index in [4.69, 9.17) is 9.47 Å². The molecule has 0 fully saturated rings. The van der Waals surface area contributed by atoms with Crippen molar-refractivity contribution in [3.8, 4) is 11.5 Å². The van der Waals surface area contributed by atoms with Crippen LogP contribution >= 0.6 is 0 Å². The maximum absolute atomic E-state index is 6.12. The van der Waals surface area contributed by atoms with Crippen molar-refractivity contribution >= 4 is 11.9 Å². The Morgan fingerprint density at radius 1 is 0.656 bits per heavy atom. The van der Waals surface area contributed by atoms with Crippen LogP contribution in [-0.2, 0) is 0 Å². The molecule has 2 aromatic carbocycles.